The summed E-state index contributed by atoms with van der Waals surface area (Å²) in [6.45, 7) is 0. The van der Waals surface area contributed by atoms with Crippen LogP contribution in [0.4, 0.5) is 10.5 Å². The molecule has 0 bridgehead atoms. The standard InChI is InChI=1S/C10H11N3O4/c1-16-7-5-11-13-4-3-6(12-10(14)15)9(17-2)8(7)13/h3-5,12H,1-2H3,(H,14,15). The Morgan fingerprint density at radius 1 is 1.47 bits per heavy atom. The van der Waals surface area contributed by atoms with Crippen LogP contribution in [0.25, 0.3) is 5.52 Å². The van der Waals surface area contributed by atoms with E-state index in [0.29, 0.717) is 22.7 Å². The van der Waals surface area contributed by atoms with Crippen molar-refractivity contribution in [1.29, 1.82) is 0 Å². The molecule has 2 aromatic rings. The van der Waals surface area contributed by atoms with Gasteiger partial charge in [-0.3, -0.25) is 5.32 Å². The second kappa shape index (κ2) is 4.20. The van der Waals surface area contributed by atoms with E-state index >= 15 is 0 Å². The van der Waals surface area contributed by atoms with Gasteiger partial charge in [0.25, 0.3) is 0 Å². The van der Waals surface area contributed by atoms with Crippen LogP contribution in [-0.4, -0.2) is 35.0 Å². The predicted molar refractivity (Wildman–Crippen MR) is 59.9 cm³/mol. The summed E-state index contributed by atoms with van der Waals surface area (Å²) in [7, 11) is 2.96. The summed E-state index contributed by atoms with van der Waals surface area (Å²) in [5, 5.41) is 15.0. The molecule has 0 aliphatic heterocycles. The van der Waals surface area contributed by atoms with Gasteiger partial charge in [0.05, 0.1) is 26.1 Å². The van der Waals surface area contributed by atoms with Crippen molar-refractivity contribution in [2.24, 2.45) is 0 Å². The molecule has 0 fully saturated rings. The van der Waals surface area contributed by atoms with Crippen molar-refractivity contribution in [3.8, 4) is 11.5 Å². The highest BCUT2D eigenvalue weighted by molar-refractivity contribution is 5.89. The fourth-order valence-corrected chi connectivity index (χ4v) is 1.59. The van der Waals surface area contributed by atoms with Gasteiger partial charge in [-0.15, -0.1) is 0 Å². The Morgan fingerprint density at radius 2 is 2.24 bits per heavy atom. The van der Waals surface area contributed by atoms with Gasteiger partial charge in [0, 0.05) is 6.20 Å². The summed E-state index contributed by atoms with van der Waals surface area (Å²) < 4.78 is 11.9. The summed E-state index contributed by atoms with van der Waals surface area (Å²) in [4.78, 5) is 10.6. The number of carboxylic acid groups (broad SMARTS) is 1. The maximum atomic E-state index is 10.6. The zero-order valence-corrected chi connectivity index (χ0v) is 9.30. The first-order valence-electron chi connectivity index (χ1n) is 4.75. The van der Waals surface area contributed by atoms with Crippen LogP contribution in [0.3, 0.4) is 0 Å². The van der Waals surface area contributed by atoms with Gasteiger partial charge in [-0.05, 0) is 6.07 Å². The lowest BCUT2D eigenvalue weighted by molar-refractivity contribution is 0.209. The molecule has 0 aromatic carbocycles. The molecule has 2 heterocycles. The quantitative estimate of drug-likeness (QED) is 0.843. The SMILES string of the molecule is COc1cnn2ccc(NC(=O)O)c(OC)c12. The van der Waals surface area contributed by atoms with Crippen molar-refractivity contribution < 1.29 is 19.4 Å². The summed E-state index contributed by atoms with van der Waals surface area (Å²) >= 11 is 0. The molecule has 7 heteroatoms. The van der Waals surface area contributed by atoms with Gasteiger partial charge in [-0.1, -0.05) is 0 Å². The van der Waals surface area contributed by atoms with Crippen molar-refractivity contribution in [2.75, 3.05) is 19.5 Å². The lowest BCUT2D eigenvalue weighted by Gasteiger charge is -2.10. The first-order valence-corrected chi connectivity index (χ1v) is 4.75. The van der Waals surface area contributed by atoms with Gasteiger partial charge in [0.1, 0.15) is 0 Å². The zero-order chi connectivity index (χ0) is 12.4. The lowest BCUT2D eigenvalue weighted by Crippen LogP contribution is -2.09. The van der Waals surface area contributed by atoms with E-state index in [9.17, 15) is 4.79 Å². The van der Waals surface area contributed by atoms with Gasteiger partial charge in [0.15, 0.2) is 17.0 Å². The lowest BCUT2D eigenvalue weighted by atomic mass is 10.3. The molecule has 1 amide bonds. The fraction of sp³-hybridized carbons (Fsp3) is 0.200. The van der Waals surface area contributed by atoms with Crippen LogP contribution in [0, 0.1) is 0 Å². The number of nitrogens with one attached hydrogen (secondary N) is 1. The predicted octanol–water partition coefficient (Wildman–Crippen LogP) is 1.44. The highest BCUT2D eigenvalue weighted by Gasteiger charge is 2.15. The van der Waals surface area contributed by atoms with Crippen LogP contribution in [0.2, 0.25) is 0 Å². The molecule has 0 atom stereocenters. The number of hydrogen-bond donors (Lipinski definition) is 2. The van der Waals surface area contributed by atoms with Crippen molar-refractivity contribution in [3.63, 3.8) is 0 Å². The van der Waals surface area contributed by atoms with Crippen molar-refractivity contribution in [3.05, 3.63) is 18.5 Å². The van der Waals surface area contributed by atoms with Gasteiger partial charge in [-0.25, -0.2) is 9.31 Å². The molecule has 0 spiro atoms. The number of fused-ring (bicyclic) bond motifs is 1. The van der Waals surface area contributed by atoms with Crippen molar-refractivity contribution >= 4 is 17.3 Å². The number of methoxy groups -OCH3 is 2. The molecule has 2 rings (SSSR count). The maximum Gasteiger partial charge on any atom is 0.409 e. The second-order valence-corrected chi connectivity index (χ2v) is 3.20. The molecule has 2 aromatic heterocycles. The van der Waals surface area contributed by atoms with E-state index in [1.165, 1.54) is 20.4 Å². The molecule has 0 aliphatic carbocycles. The Kier molecular flexibility index (Phi) is 2.73. The molecule has 0 radical (unpaired) electrons. The van der Waals surface area contributed by atoms with Crippen molar-refractivity contribution in [2.45, 2.75) is 0 Å². The Balaban J connectivity index is 2.66. The molecule has 90 valence electrons. The van der Waals surface area contributed by atoms with Crippen molar-refractivity contribution in [1.82, 2.24) is 9.61 Å². The minimum absolute atomic E-state index is 0.339. The van der Waals surface area contributed by atoms with E-state index < -0.39 is 6.09 Å². The number of carbonyl (C=O) groups is 1. The minimum atomic E-state index is -1.16. The van der Waals surface area contributed by atoms with E-state index in [0.717, 1.165) is 0 Å². The molecule has 0 aliphatic rings. The second-order valence-electron chi connectivity index (χ2n) is 3.20. The smallest absolute Gasteiger partial charge is 0.409 e. The van der Waals surface area contributed by atoms with Gasteiger partial charge >= 0.3 is 6.09 Å². The third-order valence-corrected chi connectivity index (χ3v) is 2.27. The summed E-state index contributed by atoms with van der Waals surface area (Å²) in [5.41, 5.74) is 0.910. The molecule has 2 N–H and O–H groups in total. The highest BCUT2D eigenvalue weighted by atomic mass is 16.5. The first-order chi connectivity index (χ1) is 8.17. The number of amides is 1. The summed E-state index contributed by atoms with van der Waals surface area (Å²) in [6, 6.07) is 1.56. The molecule has 7 nitrogen and oxygen atoms in total. The van der Waals surface area contributed by atoms with Crippen LogP contribution in [0.15, 0.2) is 18.5 Å². The zero-order valence-electron chi connectivity index (χ0n) is 9.30. The molecular weight excluding hydrogens is 226 g/mol. The van der Waals surface area contributed by atoms with Crippen LogP contribution < -0.4 is 14.8 Å². The number of rotatable bonds is 3. The normalized spacial score (nSPS) is 10.2. The minimum Gasteiger partial charge on any atom is -0.493 e. The first kappa shape index (κ1) is 11.1. The third kappa shape index (κ3) is 1.82. The van der Waals surface area contributed by atoms with Gasteiger partial charge < -0.3 is 14.6 Å². The number of ether oxygens (including phenoxy) is 2. The average Bonchev–Trinajstić information content (AvgIpc) is 2.71. The summed E-state index contributed by atoms with van der Waals surface area (Å²) in [5.74, 6) is 0.875. The van der Waals surface area contributed by atoms with E-state index in [1.807, 2.05) is 0 Å². The number of anilines is 1. The van der Waals surface area contributed by atoms with E-state index in [1.54, 1.807) is 16.8 Å². The Bertz CT molecular complexity index is 564. The van der Waals surface area contributed by atoms with Crippen LogP contribution in [0.5, 0.6) is 11.5 Å². The number of nitrogens with zero attached hydrogens (tertiary/aromatic N) is 2. The Hall–Kier alpha value is -2.44. The van der Waals surface area contributed by atoms with E-state index in [4.69, 9.17) is 14.6 Å². The van der Waals surface area contributed by atoms with Crippen LogP contribution in [-0.2, 0) is 0 Å². The number of pyridine rings is 1. The number of aromatic nitrogens is 2. The fourth-order valence-electron chi connectivity index (χ4n) is 1.59. The van der Waals surface area contributed by atoms with Crippen LogP contribution >= 0.6 is 0 Å². The van der Waals surface area contributed by atoms with Gasteiger partial charge in [-0.2, -0.15) is 5.10 Å². The third-order valence-electron chi connectivity index (χ3n) is 2.27. The van der Waals surface area contributed by atoms with E-state index in [2.05, 4.69) is 10.4 Å². The molecule has 0 saturated heterocycles. The van der Waals surface area contributed by atoms with Gasteiger partial charge in [0.2, 0.25) is 0 Å². The van der Waals surface area contributed by atoms with Crippen LogP contribution in [0.1, 0.15) is 0 Å². The molecular formula is C10H11N3O4. The largest absolute Gasteiger partial charge is 0.493 e. The highest BCUT2D eigenvalue weighted by Crippen LogP contribution is 2.35. The topological polar surface area (TPSA) is 85.1 Å². The monoisotopic (exact) mass is 237 g/mol. The molecule has 0 saturated carbocycles. The molecule has 0 unspecified atom stereocenters. The molecule has 17 heavy (non-hydrogen) atoms. The van der Waals surface area contributed by atoms with E-state index in [-0.39, 0.29) is 0 Å². The Morgan fingerprint density at radius 3 is 2.82 bits per heavy atom. The summed E-state index contributed by atoms with van der Waals surface area (Å²) in [6.07, 6.45) is 1.99. The Labute approximate surface area is 96.6 Å². The number of hydrogen-bond acceptors (Lipinski definition) is 4. The average molecular weight is 237 g/mol. The maximum absolute atomic E-state index is 10.6.